The van der Waals surface area contributed by atoms with Gasteiger partial charge in [0, 0.05) is 21.9 Å². The number of hydrogen-bond donors (Lipinski definition) is 1. The number of nitrogens with zero attached hydrogens (tertiary/aromatic N) is 1. The molecule has 0 bridgehead atoms. The molecule has 1 aromatic heterocycles. The molecule has 0 unspecified atom stereocenters. The van der Waals surface area contributed by atoms with Crippen molar-refractivity contribution in [2.45, 2.75) is 20.0 Å². The lowest BCUT2D eigenvalue weighted by atomic mass is 10.2. The summed E-state index contributed by atoms with van der Waals surface area (Å²) in [6.45, 7) is 3.59. The van der Waals surface area contributed by atoms with Gasteiger partial charge < -0.3 is 10.1 Å². The van der Waals surface area contributed by atoms with Crippen LogP contribution in [-0.2, 0) is 6.61 Å². The van der Waals surface area contributed by atoms with Crippen LogP contribution in [0.3, 0.4) is 0 Å². The molecule has 1 N–H and O–H groups in total. The van der Waals surface area contributed by atoms with E-state index in [0.29, 0.717) is 6.61 Å². The second kappa shape index (κ2) is 7.33. The van der Waals surface area contributed by atoms with E-state index in [1.165, 1.54) is 3.57 Å². The molecule has 0 fully saturated rings. The van der Waals surface area contributed by atoms with Crippen LogP contribution in [0, 0.1) is 3.57 Å². The van der Waals surface area contributed by atoms with Crippen molar-refractivity contribution in [2.75, 3.05) is 11.9 Å². The average molecular weight is 368 g/mol. The highest BCUT2D eigenvalue weighted by Gasteiger charge is 2.03. The van der Waals surface area contributed by atoms with Crippen molar-refractivity contribution in [3.63, 3.8) is 0 Å². The molecule has 3 nitrogen and oxygen atoms in total. The first-order valence-corrected chi connectivity index (χ1v) is 7.43. The number of hydrogen-bond acceptors (Lipinski definition) is 3. The first-order chi connectivity index (χ1) is 9.29. The van der Waals surface area contributed by atoms with Crippen molar-refractivity contribution in [1.29, 1.82) is 0 Å². The maximum absolute atomic E-state index is 5.78. The fourth-order valence-corrected chi connectivity index (χ4v) is 2.01. The molecule has 0 aliphatic heterocycles. The molecule has 100 valence electrons. The van der Waals surface area contributed by atoms with Crippen LogP contribution in [-0.4, -0.2) is 11.5 Å². The summed E-state index contributed by atoms with van der Waals surface area (Å²) in [6.07, 6.45) is 2.88. The third kappa shape index (κ3) is 4.38. The quantitative estimate of drug-likeness (QED) is 0.780. The van der Waals surface area contributed by atoms with E-state index in [-0.39, 0.29) is 0 Å². The molecule has 0 spiro atoms. The van der Waals surface area contributed by atoms with E-state index >= 15 is 0 Å². The highest BCUT2D eigenvalue weighted by molar-refractivity contribution is 14.1. The second-order valence-corrected chi connectivity index (χ2v) is 5.43. The van der Waals surface area contributed by atoms with Crippen LogP contribution in [0.25, 0.3) is 0 Å². The summed E-state index contributed by atoms with van der Waals surface area (Å²) in [4.78, 5) is 4.35. The Morgan fingerprint density at radius 1 is 1.21 bits per heavy atom. The molecule has 0 aliphatic carbocycles. The number of aromatic nitrogens is 1. The molecule has 1 heterocycles. The molecular weight excluding hydrogens is 351 g/mol. The maximum Gasteiger partial charge on any atom is 0.132 e. The first-order valence-electron chi connectivity index (χ1n) is 6.35. The van der Waals surface area contributed by atoms with Gasteiger partial charge in [0.1, 0.15) is 18.2 Å². The van der Waals surface area contributed by atoms with Crippen molar-refractivity contribution in [3.05, 3.63) is 51.7 Å². The minimum Gasteiger partial charge on any atom is -0.489 e. The maximum atomic E-state index is 5.78. The molecule has 0 radical (unpaired) electrons. The zero-order chi connectivity index (χ0) is 13.5. The highest BCUT2D eigenvalue weighted by atomic mass is 127. The number of nitrogens with one attached hydrogen (secondary N) is 1. The zero-order valence-corrected chi connectivity index (χ0v) is 13.1. The second-order valence-electron chi connectivity index (χ2n) is 4.18. The largest absolute Gasteiger partial charge is 0.489 e. The van der Waals surface area contributed by atoms with Gasteiger partial charge in [-0.15, -0.1) is 0 Å². The van der Waals surface area contributed by atoms with Crippen molar-refractivity contribution in [3.8, 4) is 5.75 Å². The Kier molecular flexibility index (Phi) is 5.44. The Morgan fingerprint density at radius 2 is 2.00 bits per heavy atom. The average Bonchev–Trinajstić information content (AvgIpc) is 2.45. The van der Waals surface area contributed by atoms with Crippen molar-refractivity contribution >= 4 is 28.4 Å². The molecule has 0 amide bonds. The Morgan fingerprint density at radius 3 is 2.74 bits per heavy atom. The number of rotatable bonds is 6. The minimum absolute atomic E-state index is 0.528. The van der Waals surface area contributed by atoms with Crippen LogP contribution in [0.5, 0.6) is 5.75 Å². The van der Waals surface area contributed by atoms with Gasteiger partial charge >= 0.3 is 0 Å². The van der Waals surface area contributed by atoms with Gasteiger partial charge in [0.15, 0.2) is 0 Å². The lowest BCUT2D eigenvalue weighted by Crippen LogP contribution is -2.07. The Hall–Kier alpha value is -1.30. The Labute approximate surface area is 127 Å². The van der Waals surface area contributed by atoms with Crippen molar-refractivity contribution in [2.24, 2.45) is 0 Å². The van der Waals surface area contributed by atoms with E-state index in [4.69, 9.17) is 4.74 Å². The van der Waals surface area contributed by atoms with Crippen LogP contribution in [0.2, 0.25) is 0 Å². The predicted molar refractivity (Wildman–Crippen MR) is 86.5 cm³/mol. The molecule has 2 rings (SSSR count). The molecule has 1 aromatic carbocycles. The summed E-state index contributed by atoms with van der Waals surface area (Å²) in [5.74, 6) is 1.79. The van der Waals surface area contributed by atoms with Crippen LogP contribution < -0.4 is 10.1 Å². The van der Waals surface area contributed by atoms with E-state index in [2.05, 4.69) is 39.8 Å². The van der Waals surface area contributed by atoms with Crippen LogP contribution in [0.15, 0.2) is 42.6 Å². The Balaban J connectivity index is 2.00. The first kappa shape index (κ1) is 14.1. The molecule has 0 atom stereocenters. The van der Waals surface area contributed by atoms with Crippen LogP contribution in [0.4, 0.5) is 5.82 Å². The van der Waals surface area contributed by atoms with Gasteiger partial charge in [-0.2, -0.15) is 0 Å². The third-order valence-electron chi connectivity index (χ3n) is 2.64. The van der Waals surface area contributed by atoms with Gasteiger partial charge in [-0.25, -0.2) is 4.98 Å². The lowest BCUT2D eigenvalue weighted by Gasteiger charge is -2.11. The highest BCUT2D eigenvalue weighted by Crippen LogP contribution is 2.18. The van der Waals surface area contributed by atoms with Gasteiger partial charge in [-0.3, -0.25) is 0 Å². The summed E-state index contributed by atoms with van der Waals surface area (Å²) >= 11 is 2.28. The fourth-order valence-electron chi connectivity index (χ4n) is 1.65. The lowest BCUT2D eigenvalue weighted by molar-refractivity contribution is 0.306. The summed E-state index contributed by atoms with van der Waals surface area (Å²) in [5.41, 5.74) is 1.08. The minimum atomic E-state index is 0.528. The molecule has 4 heteroatoms. The fraction of sp³-hybridized carbons (Fsp3) is 0.267. The van der Waals surface area contributed by atoms with E-state index in [1.807, 2.05) is 36.4 Å². The molecule has 0 saturated heterocycles. The van der Waals surface area contributed by atoms with Gasteiger partial charge in [0.2, 0.25) is 0 Å². The van der Waals surface area contributed by atoms with E-state index in [1.54, 1.807) is 6.20 Å². The smallest absolute Gasteiger partial charge is 0.132 e. The summed E-state index contributed by atoms with van der Waals surface area (Å²) < 4.78 is 6.99. The van der Waals surface area contributed by atoms with Crippen molar-refractivity contribution < 1.29 is 4.74 Å². The van der Waals surface area contributed by atoms with Gasteiger partial charge in [0.05, 0.1) is 0 Å². The molecular formula is C15H17IN2O. The predicted octanol–water partition coefficient (Wildman–Crippen LogP) is 4.09. The van der Waals surface area contributed by atoms with E-state index < -0.39 is 0 Å². The number of benzene rings is 1. The molecule has 0 saturated carbocycles. The summed E-state index contributed by atoms with van der Waals surface area (Å²) in [6, 6.07) is 12.0. The number of pyridine rings is 1. The van der Waals surface area contributed by atoms with Gasteiger partial charge in [-0.05, 0) is 59.3 Å². The SMILES string of the molecule is CCCNc1ncccc1COc1ccc(I)cc1. The topological polar surface area (TPSA) is 34.2 Å². The summed E-state index contributed by atoms with van der Waals surface area (Å²) in [7, 11) is 0. The van der Waals surface area contributed by atoms with Gasteiger partial charge in [-0.1, -0.05) is 13.0 Å². The molecule has 0 aliphatic rings. The third-order valence-corrected chi connectivity index (χ3v) is 3.36. The van der Waals surface area contributed by atoms with E-state index in [0.717, 1.165) is 30.1 Å². The number of anilines is 1. The van der Waals surface area contributed by atoms with Crippen molar-refractivity contribution in [1.82, 2.24) is 4.98 Å². The van der Waals surface area contributed by atoms with E-state index in [9.17, 15) is 0 Å². The normalized spacial score (nSPS) is 10.2. The van der Waals surface area contributed by atoms with Gasteiger partial charge in [0.25, 0.3) is 0 Å². The standard InChI is InChI=1S/C15H17IN2O/c1-2-9-17-15-12(4-3-10-18-15)11-19-14-7-5-13(16)6-8-14/h3-8,10H,2,9,11H2,1H3,(H,17,18). The number of ether oxygens (including phenoxy) is 1. The molecule has 19 heavy (non-hydrogen) atoms. The summed E-state index contributed by atoms with van der Waals surface area (Å²) in [5, 5.41) is 3.32. The number of halogens is 1. The zero-order valence-electron chi connectivity index (χ0n) is 10.9. The Bertz CT molecular complexity index is 514. The molecule has 2 aromatic rings. The van der Waals surface area contributed by atoms with Crippen LogP contribution >= 0.6 is 22.6 Å². The monoisotopic (exact) mass is 368 g/mol. The van der Waals surface area contributed by atoms with Crippen LogP contribution in [0.1, 0.15) is 18.9 Å².